The third kappa shape index (κ3) is 4.22. The van der Waals surface area contributed by atoms with E-state index in [1.165, 1.54) is 11.1 Å². The molecule has 1 amide bonds. The number of para-hydroxylation sites is 1. The molecule has 4 heteroatoms. The van der Waals surface area contributed by atoms with Gasteiger partial charge in [0.1, 0.15) is 12.4 Å². The van der Waals surface area contributed by atoms with Crippen molar-refractivity contribution in [3.63, 3.8) is 0 Å². The Kier molecular flexibility index (Phi) is 5.96. The first kappa shape index (κ1) is 19.0. The minimum absolute atomic E-state index is 0.314. The highest BCUT2D eigenvalue weighted by molar-refractivity contribution is 5.77. The third-order valence-corrected chi connectivity index (χ3v) is 6.16. The van der Waals surface area contributed by atoms with E-state index in [9.17, 15) is 4.79 Å². The number of amides is 1. The molecule has 2 fully saturated rings. The molecular weight excluding hydrogens is 348 g/mol. The second-order valence-corrected chi connectivity index (χ2v) is 7.97. The fourth-order valence-corrected chi connectivity index (χ4v) is 4.68. The molecule has 0 unspecified atom stereocenters. The number of carbonyl (C=O) groups is 1. The molecule has 0 aliphatic carbocycles. The van der Waals surface area contributed by atoms with Crippen molar-refractivity contribution in [2.75, 3.05) is 19.7 Å². The van der Waals surface area contributed by atoms with Crippen molar-refractivity contribution in [3.8, 4) is 5.75 Å². The van der Waals surface area contributed by atoms with Gasteiger partial charge in [-0.1, -0.05) is 48.5 Å². The van der Waals surface area contributed by atoms with E-state index in [-0.39, 0.29) is 0 Å². The number of hydrogen-bond acceptors (Lipinski definition) is 3. The van der Waals surface area contributed by atoms with Crippen LogP contribution in [0, 0.1) is 6.92 Å². The Bertz CT molecular complexity index is 792. The maximum atomic E-state index is 12.8. The van der Waals surface area contributed by atoms with Crippen LogP contribution in [0.1, 0.15) is 36.8 Å². The van der Waals surface area contributed by atoms with Crippen LogP contribution in [0.2, 0.25) is 0 Å². The van der Waals surface area contributed by atoms with E-state index in [0.717, 1.165) is 44.6 Å². The summed E-state index contributed by atoms with van der Waals surface area (Å²) >= 11 is 0. The first-order valence-corrected chi connectivity index (χ1v) is 10.5. The van der Waals surface area contributed by atoms with E-state index in [2.05, 4.69) is 47.1 Å². The zero-order valence-corrected chi connectivity index (χ0v) is 16.7. The van der Waals surface area contributed by atoms with Gasteiger partial charge in [0.2, 0.25) is 5.91 Å². The van der Waals surface area contributed by atoms with Crippen LogP contribution in [0.3, 0.4) is 0 Å². The van der Waals surface area contributed by atoms with E-state index < -0.39 is 0 Å². The normalized spacial score (nSPS) is 22.8. The predicted molar refractivity (Wildman–Crippen MR) is 111 cm³/mol. The van der Waals surface area contributed by atoms with Gasteiger partial charge in [-0.25, -0.2) is 0 Å². The topological polar surface area (TPSA) is 32.8 Å². The lowest BCUT2D eigenvalue weighted by Crippen LogP contribution is -2.46. The van der Waals surface area contributed by atoms with Gasteiger partial charge in [0.15, 0.2) is 0 Å². The molecule has 0 bridgehead atoms. The molecule has 2 atom stereocenters. The molecule has 2 heterocycles. The van der Waals surface area contributed by atoms with Crippen molar-refractivity contribution in [3.05, 3.63) is 65.7 Å². The number of hydrogen-bond donors (Lipinski definition) is 0. The van der Waals surface area contributed by atoms with Crippen molar-refractivity contribution < 1.29 is 9.53 Å². The SMILES string of the molecule is Cc1ccccc1OCCN1CC[C@@H]2[C@H]1CCCC(=O)N2Cc1ccccc1. The van der Waals surface area contributed by atoms with E-state index in [4.69, 9.17) is 4.74 Å². The van der Waals surface area contributed by atoms with Gasteiger partial charge in [-0.2, -0.15) is 0 Å². The highest BCUT2D eigenvalue weighted by Crippen LogP contribution is 2.31. The lowest BCUT2D eigenvalue weighted by Gasteiger charge is -2.33. The molecule has 28 heavy (non-hydrogen) atoms. The maximum absolute atomic E-state index is 12.8. The summed E-state index contributed by atoms with van der Waals surface area (Å²) in [6, 6.07) is 19.3. The molecule has 0 saturated carbocycles. The zero-order valence-electron chi connectivity index (χ0n) is 16.7. The number of rotatable bonds is 6. The minimum Gasteiger partial charge on any atom is -0.492 e. The molecule has 148 valence electrons. The van der Waals surface area contributed by atoms with Crippen molar-refractivity contribution in [2.45, 2.75) is 51.2 Å². The molecular formula is C24H30N2O2. The van der Waals surface area contributed by atoms with Crippen LogP contribution >= 0.6 is 0 Å². The summed E-state index contributed by atoms with van der Waals surface area (Å²) in [6.45, 7) is 5.47. The van der Waals surface area contributed by atoms with Crippen molar-refractivity contribution >= 4 is 5.91 Å². The molecule has 0 aromatic heterocycles. The fourth-order valence-electron chi connectivity index (χ4n) is 4.68. The van der Waals surface area contributed by atoms with E-state index >= 15 is 0 Å². The van der Waals surface area contributed by atoms with E-state index in [1.807, 2.05) is 24.3 Å². The number of likely N-dealkylation sites (tertiary alicyclic amines) is 2. The van der Waals surface area contributed by atoms with Crippen molar-refractivity contribution in [2.24, 2.45) is 0 Å². The number of aryl methyl sites for hydroxylation is 1. The van der Waals surface area contributed by atoms with Crippen LogP contribution in [0.25, 0.3) is 0 Å². The first-order valence-electron chi connectivity index (χ1n) is 10.5. The van der Waals surface area contributed by atoms with Crippen LogP contribution in [0.15, 0.2) is 54.6 Å². The number of nitrogens with zero attached hydrogens (tertiary/aromatic N) is 2. The summed E-state index contributed by atoms with van der Waals surface area (Å²) < 4.78 is 6.03. The third-order valence-electron chi connectivity index (χ3n) is 6.16. The van der Waals surface area contributed by atoms with Gasteiger partial charge in [0.05, 0.1) is 0 Å². The number of benzene rings is 2. The summed E-state index contributed by atoms with van der Waals surface area (Å²) in [4.78, 5) is 17.5. The molecule has 0 radical (unpaired) electrons. The molecule has 2 aliphatic heterocycles. The van der Waals surface area contributed by atoms with Crippen LogP contribution in [0.5, 0.6) is 5.75 Å². The average molecular weight is 379 g/mol. The molecule has 2 aromatic carbocycles. The van der Waals surface area contributed by atoms with Gasteiger partial charge in [-0.05, 0) is 43.4 Å². The lowest BCUT2D eigenvalue weighted by atomic mass is 10.0. The highest BCUT2D eigenvalue weighted by Gasteiger charge is 2.40. The zero-order chi connectivity index (χ0) is 19.3. The molecule has 0 N–H and O–H groups in total. The van der Waals surface area contributed by atoms with Gasteiger partial charge in [0, 0.05) is 38.1 Å². The monoisotopic (exact) mass is 378 g/mol. The summed E-state index contributed by atoms with van der Waals surface area (Å²) in [7, 11) is 0. The summed E-state index contributed by atoms with van der Waals surface area (Å²) in [5.74, 6) is 1.29. The van der Waals surface area contributed by atoms with Crippen molar-refractivity contribution in [1.82, 2.24) is 9.80 Å². The standard InChI is InChI=1S/C24H30N2O2/c1-19-8-5-6-12-23(19)28-17-16-25-15-14-22-21(25)11-7-13-24(27)26(22)18-20-9-3-2-4-10-20/h2-6,8-10,12,21-22H,7,11,13-18H2,1H3/t21-,22-/m1/s1. The molecule has 4 nitrogen and oxygen atoms in total. The fraction of sp³-hybridized carbons (Fsp3) is 0.458. The van der Waals surface area contributed by atoms with Crippen LogP contribution in [-0.4, -0.2) is 47.5 Å². The Morgan fingerprint density at radius 2 is 1.79 bits per heavy atom. The van der Waals surface area contributed by atoms with Gasteiger partial charge in [-0.15, -0.1) is 0 Å². The lowest BCUT2D eigenvalue weighted by molar-refractivity contribution is -0.133. The minimum atomic E-state index is 0.314. The number of carbonyl (C=O) groups excluding carboxylic acids is 1. The van der Waals surface area contributed by atoms with Crippen molar-refractivity contribution in [1.29, 1.82) is 0 Å². The molecule has 2 saturated heterocycles. The maximum Gasteiger partial charge on any atom is 0.223 e. The quantitative estimate of drug-likeness (QED) is 0.761. The molecule has 2 aliphatic rings. The van der Waals surface area contributed by atoms with Gasteiger partial charge < -0.3 is 9.64 Å². The Hall–Kier alpha value is -2.33. The first-order chi connectivity index (χ1) is 13.7. The second kappa shape index (κ2) is 8.78. The van der Waals surface area contributed by atoms with E-state index in [1.54, 1.807) is 0 Å². The number of ether oxygens (including phenoxy) is 1. The van der Waals surface area contributed by atoms with Gasteiger partial charge in [0.25, 0.3) is 0 Å². The molecule has 4 rings (SSSR count). The predicted octanol–water partition coefficient (Wildman–Crippen LogP) is 4.03. The Morgan fingerprint density at radius 1 is 1.00 bits per heavy atom. The largest absolute Gasteiger partial charge is 0.492 e. The molecule has 0 spiro atoms. The van der Waals surface area contributed by atoms with Crippen LogP contribution < -0.4 is 4.74 Å². The number of fused-ring (bicyclic) bond motifs is 1. The van der Waals surface area contributed by atoms with Gasteiger partial charge in [-0.3, -0.25) is 9.69 Å². The van der Waals surface area contributed by atoms with Crippen LogP contribution in [-0.2, 0) is 11.3 Å². The molecule has 2 aromatic rings. The van der Waals surface area contributed by atoms with Crippen LogP contribution in [0.4, 0.5) is 0 Å². The summed E-state index contributed by atoms with van der Waals surface area (Å²) in [6.07, 6.45) is 3.83. The average Bonchev–Trinajstić information content (AvgIpc) is 3.03. The second-order valence-electron chi connectivity index (χ2n) is 7.97. The van der Waals surface area contributed by atoms with E-state index in [0.29, 0.717) is 31.0 Å². The Morgan fingerprint density at radius 3 is 2.61 bits per heavy atom. The summed E-state index contributed by atoms with van der Waals surface area (Å²) in [5.41, 5.74) is 2.40. The summed E-state index contributed by atoms with van der Waals surface area (Å²) in [5, 5.41) is 0. The smallest absolute Gasteiger partial charge is 0.223 e. The Balaban J connectivity index is 1.39. The highest BCUT2D eigenvalue weighted by atomic mass is 16.5. The Labute approximate surface area is 168 Å². The van der Waals surface area contributed by atoms with Gasteiger partial charge >= 0.3 is 0 Å².